The van der Waals surface area contributed by atoms with Crippen LogP contribution in [0.3, 0.4) is 0 Å². The summed E-state index contributed by atoms with van der Waals surface area (Å²) in [5.41, 5.74) is 4.42. The van der Waals surface area contributed by atoms with Crippen molar-refractivity contribution < 1.29 is 24.0 Å². The van der Waals surface area contributed by atoms with E-state index in [1.54, 1.807) is 36.4 Å². The minimum Gasteiger partial charge on any atom is -0.497 e. The van der Waals surface area contributed by atoms with Gasteiger partial charge in [0.25, 0.3) is 17.5 Å². The summed E-state index contributed by atoms with van der Waals surface area (Å²) >= 11 is 5.44. The monoisotopic (exact) mass is 630 g/mol. The fourth-order valence-electron chi connectivity index (χ4n) is 5.35. The Labute approximate surface area is 269 Å². The first-order chi connectivity index (χ1) is 22.3. The summed E-state index contributed by atoms with van der Waals surface area (Å²) < 4.78 is 12.8. The molecule has 1 aliphatic rings. The number of nitro groups is 1. The number of anilines is 1. The van der Waals surface area contributed by atoms with Gasteiger partial charge in [-0.2, -0.15) is 0 Å². The fraction of sp³-hybridized carbons (Fsp3) is 0.0571. The van der Waals surface area contributed by atoms with Crippen molar-refractivity contribution in [2.45, 2.75) is 0 Å². The average molecular weight is 631 g/mol. The lowest BCUT2D eigenvalue weighted by molar-refractivity contribution is -0.384. The number of carbonyl (C=O) groups is 2. The van der Waals surface area contributed by atoms with Gasteiger partial charge in [0.05, 0.1) is 36.2 Å². The number of methoxy groups -OCH3 is 2. The van der Waals surface area contributed by atoms with Crippen molar-refractivity contribution in [3.63, 3.8) is 0 Å². The van der Waals surface area contributed by atoms with Crippen LogP contribution in [0.4, 0.5) is 11.4 Å². The molecule has 228 valence electrons. The molecule has 1 fully saturated rings. The zero-order valence-corrected chi connectivity index (χ0v) is 25.5. The van der Waals surface area contributed by atoms with Crippen LogP contribution in [0, 0.1) is 10.1 Å². The molecule has 0 bridgehead atoms. The Bertz CT molecular complexity index is 2020. The van der Waals surface area contributed by atoms with E-state index in [2.05, 4.69) is 5.32 Å². The predicted molar refractivity (Wildman–Crippen MR) is 179 cm³/mol. The van der Waals surface area contributed by atoms with Crippen molar-refractivity contribution in [3.8, 4) is 39.7 Å². The Morgan fingerprint density at radius 3 is 2.09 bits per heavy atom. The van der Waals surface area contributed by atoms with Gasteiger partial charge in [-0.1, -0.05) is 60.7 Å². The Kier molecular flexibility index (Phi) is 8.15. The van der Waals surface area contributed by atoms with Crippen LogP contribution in [0.5, 0.6) is 11.5 Å². The predicted octanol–water partition coefficient (Wildman–Crippen LogP) is 6.57. The first-order valence-corrected chi connectivity index (χ1v) is 14.5. The van der Waals surface area contributed by atoms with Gasteiger partial charge in [0, 0.05) is 29.4 Å². The van der Waals surface area contributed by atoms with Crippen molar-refractivity contribution in [1.29, 1.82) is 0 Å². The van der Waals surface area contributed by atoms with E-state index in [4.69, 9.17) is 21.7 Å². The zero-order chi connectivity index (χ0) is 32.4. The normalized spacial score (nSPS) is 13.9. The van der Waals surface area contributed by atoms with Gasteiger partial charge >= 0.3 is 0 Å². The van der Waals surface area contributed by atoms with E-state index < -0.39 is 16.7 Å². The molecular formula is C35H26N4O6S. The summed E-state index contributed by atoms with van der Waals surface area (Å²) in [6.07, 6.45) is 1.54. The van der Waals surface area contributed by atoms with Gasteiger partial charge < -0.3 is 14.0 Å². The van der Waals surface area contributed by atoms with E-state index in [0.717, 1.165) is 16.8 Å². The number of hydrogen-bond acceptors (Lipinski definition) is 7. The number of non-ortho nitro benzene ring substituents is 1. The topological polar surface area (TPSA) is 116 Å². The highest BCUT2D eigenvalue weighted by Crippen LogP contribution is 2.39. The molecule has 10 nitrogen and oxygen atoms in total. The van der Waals surface area contributed by atoms with Crippen LogP contribution < -0.4 is 19.7 Å². The molecule has 4 aromatic carbocycles. The van der Waals surface area contributed by atoms with Gasteiger partial charge in [-0.15, -0.1) is 0 Å². The van der Waals surface area contributed by atoms with E-state index in [-0.39, 0.29) is 16.4 Å². The second-order valence-electron chi connectivity index (χ2n) is 10.2. The molecule has 0 unspecified atom stereocenters. The quantitative estimate of drug-likeness (QED) is 0.0678. The van der Waals surface area contributed by atoms with Crippen molar-refractivity contribution in [2.75, 3.05) is 19.1 Å². The molecule has 0 saturated carbocycles. The third kappa shape index (κ3) is 5.51. The summed E-state index contributed by atoms with van der Waals surface area (Å²) in [4.78, 5) is 39.7. The Morgan fingerprint density at radius 1 is 0.826 bits per heavy atom. The number of amides is 2. The lowest BCUT2D eigenvalue weighted by atomic mass is 10.0. The Morgan fingerprint density at radius 2 is 1.48 bits per heavy atom. The standard InChI is InChI=1S/C35H26N4O6S/c1-44-27-17-18-29(31(21-27)45-2)38-34(41)28(33(40)36-35(38)46)19-24-20-30(22-9-5-3-6-10-22)37(32(24)23-11-7-4-8-12-23)25-13-15-26(16-14-25)39(42)43/h3-21H,1-2H3,(H,36,40,46)/b28-19-. The Hall–Kier alpha value is -6.07. The molecular weight excluding hydrogens is 604 g/mol. The summed E-state index contributed by atoms with van der Waals surface area (Å²) in [6.45, 7) is 0. The third-order valence-corrected chi connectivity index (χ3v) is 7.78. The molecule has 2 amide bonds. The molecule has 5 aromatic rings. The molecule has 1 aromatic heterocycles. The van der Waals surface area contributed by atoms with Gasteiger partial charge in [0.15, 0.2) is 5.11 Å². The van der Waals surface area contributed by atoms with Crippen molar-refractivity contribution in [1.82, 2.24) is 9.88 Å². The summed E-state index contributed by atoms with van der Waals surface area (Å²) in [5, 5.41) is 14.0. The lowest BCUT2D eigenvalue weighted by Gasteiger charge is -2.30. The Balaban J connectivity index is 1.58. The van der Waals surface area contributed by atoms with Crippen LogP contribution in [0.1, 0.15) is 5.56 Å². The number of nitrogens with zero attached hydrogens (tertiary/aromatic N) is 3. The number of nitrogens with one attached hydrogen (secondary N) is 1. The van der Waals surface area contributed by atoms with Gasteiger partial charge in [0.1, 0.15) is 17.1 Å². The highest BCUT2D eigenvalue weighted by atomic mass is 32.1. The van der Waals surface area contributed by atoms with E-state index in [9.17, 15) is 19.7 Å². The van der Waals surface area contributed by atoms with E-state index in [1.165, 1.54) is 31.3 Å². The van der Waals surface area contributed by atoms with Crippen LogP contribution in [-0.2, 0) is 9.59 Å². The maximum Gasteiger partial charge on any atom is 0.270 e. The molecule has 1 saturated heterocycles. The smallest absolute Gasteiger partial charge is 0.270 e. The summed E-state index contributed by atoms with van der Waals surface area (Å²) in [7, 11) is 2.98. The van der Waals surface area contributed by atoms with Crippen molar-refractivity contribution in [2.24, 2.45) is 0 Å². The molecule has 1 aliphatic heterocycles. The van der Waals surface area contributed by atoms with Gasteiger partial charge in [0.2, 0.25) is 0 Å². The molecule has 11 heteroatoms. The number of aromatic nitrogens is 1. The highest BCUT2D eigenvalue weighted by Gasteiger charge is 2.36. The van der Waals surface area contributed by atoms with Crippen LogP contribution in [0.25, 0.3) is 34.3 Å². The number of thiocarbonyl (C=S) groups is 1. The van der Waals surface area contributed by atoms with E-state index in [1.807, 2.05) is 71.3 Å². The van der Waals surface area contributed by atoms with Gasteiger partial charge in [-0.25, -0.2) is 4.90 Å². The molecule has 0 spiro atoms. The number of nitro benzene ring substituents is 1. The molecule has 46 heavy (non-hydrogen) atoms. The molecule has 0 aliphatic carbocycles. The molecule has 6 rings (SSSR count). The maximum absolute atomic E-state index is 14.1. The minimum atomic E-state index is -0.651. The average Bonchev–Trinajstić information content (AvgIpc) is 3.46. The number of benzene rings is 4. The van der Waals surface area contributed by atoms with Crippen LogP contribution >= 0.6 is 12.2 Å². The summed E-state index contributed by atoms with van der Waals surface area (Å²) in [6, 6.07) is 32.1. The lowest BCUT2D eigenvalue weighted by Crippen LogP contribution is -2.54. The number of ether oxygens (including phenoxy) is 2. The van der Waals surface area contributed by atoms with Gasteiger partial charge in [-0.3, -0.25) is 25.0 Å². The fourth-order valence-corrected chi connectivity index (χ4v) is 5.62. The van der Waals surface area contributed by atoms with E-state index in [0.29, 0.717) is 34.1 Å². The van der Waals surface area contributed by atoms with Gasteiger partial charge in [-0.05, 0) is 59.8 Å². The molecule has 0 radical (unpaired) electrons. The van der Waals surface area contributed by atoms with Crippen molar-refractivity contribution in [3.05, 3.63) is 130 Å². The number of carbonyl (C=O) groups excluding carboxylic acids is 2. The molecule has 0 atom stereocenters. The third-order valence-electron chi connectivity index (χ3n) is 7.49. The van der Waals surface area contributed by atoms with Crippen LogP contribution in [0.15, 0.2) is 115 Å². The highest BCUT2D eigenvalue weighted by molar-refractivity contribution is 7.80. The summed E-state index contributed by atoms with van der Waals surface area (Å²) in [5.74, 6) is -0.446. The maximum atomic E-state index is 14.1. The zero-order valence-electron chi connectivity index (χ0n) is 24.7. The number of hydrogen-bond donors (Lipinski definition) is 1. The largest absolute Gasteiger partial charge is 0.497 e. The number of rotatable bonds is 8. The molecule has 2 heterocycles. The minimum absolute atomic E-state index is 0.0461. The van der Waals surface area contributed by atoms with Crippen LogP contribution in [0.2, 0.25) is 0 Å². The molecule has 1 N–H and O–H groups in total. The second kappa shape index (κ2) is 12.5. The van der Waals surface area contributed by atoms with Crippen LogP contribution in [-0.4, -0.2) is 40.6 Å². The first-order valence-electron chi connectivity index (χ1n) is 14.1. The first kappa shape index (κ1) is 30.0. The van der Waals surface area contributed by atoms with E-state index >= 15 is 0 Å². The second-order valence-corrected chi connectivity index (χ2v) is 10.6. The van der Waals surface area contributed by atoms with Crippen molar-refractivity contribution >= 4 is 46.6 Å². The SMILES string of the molecule is COc1ccc(N2C(=O)/C(=C\c3cc(-c4ccccc4)n(-c4ccc([N+](=O)[O-])cc4)c3-c3ccccc3)C(=O)NC2=S)c(OC)c1.